The maximum Gasteiger partial charge on any atom is 0.224 e. The molecule has 1 heterocycles. The molecule has 0 unspecified atom stereocenters. The molecular formula is C22H24N4O3. The predicted molar refractivity (Wildman–Crippen MR) is 114 cm³/mol. The van der Waals surface area contributed by atoms with Gasteiger partial charge in [-0.2, -0.15) is 4.98 Å². The van der Waals surface area contributed by atoms with Gasteiger partial charge in [0.15, 0.2) is 17.3 Å². The number of nitrogens with zero attached hydrogens (tertiary/aromatic N) is 2. The van der Waals surface area contributed by atoms with E-state index in [1.165, 1.54) is 0 Å². The number of ketones is 1. The van der Waals surface area contributed by atoms with Crippen molar-refractivity contribution in [1.29, 1.82) is 0 Å². The molecule has 0 atom stereocenters. The first-order valence-corrected chi connectivity index (χ1v) is 9.25. The van der Waals surface area contributed by atoms with Gasteiger partial charge in [0.1, 0.15) is 5.82 Å². The zero-order valence-electron chi connectivity index (χ0n) is 16.7. The third-order valence-corrected chi connectivity index (χ3v) is 4.36. The molecule has 2 aromatic carbocycles. The van der Waals surface area contributed by atoms with Crippen molar-refractivity contribution in [2.75, 3.05) is 31.4 Å². The Morgan fingerprint density at radius 3 is 2.45 bits per heavy atom. The number of ether oxygens (including phenoxy) is 2. The molecule has 0 aliphatic carbocycles. The smallest absolute Gasteiger partial charge is 0.224 e. The Labute approximate surface area is 170 Å². The van der Waals surface area contributed by atoms with E-state index in [1.54, 1.807) is 45.5 Å². The van der Waals surface area contributed by atoms with Crippen molar-refractivity contribution in [3.05, 3.63) is 65.9 Å². The lowest BCUT2D eigenvalue weighted by molar-refractivity contribution is 0.101. The average Bonchev–Trinajstić information content (AvgIpc) is 2.74. The summed E-state index contributed by atoms with van der Waals surface area (Å²) in [6.07, 6.45) is 2.48. The Kier molecular flexibility index (Phi) is 6.63. The zero-order chi connectivity index (χ0) is 20.6. The number of carbonyl (C=O) groups excluding carboxylic acids is 1. The fourth-order valence-corrected chi connectivity index (χ4v) is 2.80. The average molecular weight is 392 g/mol. The lowest BCUT2D eigenvalue weighted by Gasteiger charge is -2.11. The van der Waals surface area contributed by atoms with E-state index in [9.17, 15) is 4.79 Å². The first-order chi connectivity index (χ1) is 14.1. The highest BCUT2D eigenvalue weighted by Crippen LogP contribution is 2.27. The van der Waals surface area contributed by atoms with Crippen LogP contribution < -0.4 is 20.1 Å². The van der Waals surface area contributed by atoms with Gasteiger partial charge in [-0.15, -0.1) is 0 Å². The third-order valence-electron chi connectivity index (χ3n) is 4.36. The van der Waals surface area contributed by atoms with Gasteiger partial charge in [-0.3, -0.25) is 4.79 Å². The van der Waals surface area contributed by atoms with Crippen LogP contribution in [-0.2, 0) is 6.42 Å². The number of anilines is 3. The number of Topliss-reactive ketones (excluding diaryl/α,β-unsaturated/α-hetero) is 1. The Balaban J connectivity index is 1.58. The van der Waals surface area contributed by atoms with E-state index in [0.717, 1.165) is 17.7 Å². The number of aromatic nitrogens is 2. The van der Waals surface area contributed by atoms with Crippen LogP contribution in [0.25, 0.3) is 0 Å². The number of methoxy groups -OCH3 is 2. The van der Waals surface area contributed by atoms with Crippen LogP contribution >= 0.6 is 0 Å². The van der Waals surface area contributed by atoms with Gasteiger partial charge in [0, 0.05) is 24.0 Å². The maximum atomic E-state index is 11.4. The summed E-state index contributed by atoms with van der Waals surface area (Å²) in [6.45, 7) is 2.22. The highest BCUT2D eigenvalue weighted by Gasteiger charge is 2.05. The topological polar surface area (TPSA) is 85.4 Å². The number of hydrogen-bond acceptors (Lipinski definition) is 7. The minimum atomic E-state index is 0.0413. The van der Waals surface area contributed by atoms with Gasteiger partial charge >= 0.3 is 0 Å². The Bertz CT molecular complexity index is 974. The van der Waals surface area contributed by atoms with Crippen LogP contribution in [0.5, 0.6) is 11.5 Å². The summed E-state index contributed by atoms with van der Waals surface area (Å²) in [5.41, 5.74) is 2.65. The fraction of sp³-hybridized carbons (Fsp3) is 0.227. The standard InChI is InChI=1S/C22H24N4O3/c1-15(27)17-5-7-18(8-6-17)25-21-11-13-24-22(26-21)23-12-10-16-4-9-19(28-2)20(14-16)29-3/h4-9,11,13-14H,10,12H2,1-3H3,(H2,23,24,25,26). The van der Waals surface area contributed by atoms with Gasteiger partial charge in [0.25, 0.3) is 0 Å². The summed E-state index contributed by atoms with van der Waals surface area (Å²) >= 11 is 0. The molecule has 1 aromatic heterocycles. The van der Waals surface area contributed by atoms with Crippen LogP contribution in [0.2, 0.25) is 0 Å². The number of carbonyl (C=O) groups is 1. The van der Waals surface area contributed by atoms with Gasteiger partial charge in [0.05, 0.1) is 14.2 Å². The van der Waals surface area contributed by atoms with E-state index >= 15 is 0 Å². The van der Waals surface area contributed by atoms with Crippen LogP contribution in [0.1, 0.15) is 22.8 Å². The van der Waals surface area contributed by atoms with Crippen LogP contribution in [-0.4, -0.2) is 36.5 Å². The van der Waals surface area contributed by atoms with E-state index in [1.807, 2.05) is 30.3 Å². The molecule has 0 amide bonds. The molecule has 0 spiro atoms. The molecule has 0 saturated carbocycles. The Morgan fingerprint density at radius 2 is 1.76 bits per heavy atom. The molecule has 3 rings (SSSR count). The summed E-state index contributed by atoms with van der Waals surface area (Å²) in [6, 6.07) is 14.9. The van der Waals surface area contributed by atoms with E-state index in [4.69, 9.17) is 9.47 Å². The van der Waals surface area contributed by atoms with Crippen molar-refractivity contribution in [3.63, 3.8) is 0 Å². The van der Waals surface area contributed by atoms with Crippen molar-refractivity contribution < 1.29 is 14.3 Å². The number of hydrogen-bond donors (Lipinski definition) is 2. The van der Waals surface area contributed by atoms with Gasteiger partial charge in [-0.25, -0.2) is 4.98 Å². The SMILES string of the molecule is COc1ccc(CCNc2nccc(Nc3ccc(C(C)=O)cc3)n2)cc1OC. The van der Waals surface area contributed by atoms with E-state index in [2.05, 4.69) is 20.6 Å². The first-order valence-electron chi connectivity index (χ1n) is 9.25. The maximum absolute atomic E-state index is 11.4. The minimum Gasteiger partial charge on any atom is -0.493 e. The summed E-state index contributed by atoms with van der Waals surface area (Å²) in [4.78, 5) is 20.1. The Hall–Kier alpha value is -3.61. The van der Waals surface area contributed by atoms with Crippen LogP contribution in [0, 0.1) is 0 Å². The van der Waals surface area contributed by atoms with Crippen molar-refractivity contribution in [1.82, 2.24) is 9.97 Å². The van der Waals surface area contributed by atoms with Crippen LogP contribution in [0.4, 0.5) is 17.5 Å². The molecule has 150 valence electrons. The molecule has 0 aliphatic rings. The second kappa shape index (κ2) is 9.54. The van der Waals surface area contributed by atoms with Gasteiger partial charge < -0.3 is 20.1 Å². The van der Waals surface area contributed by atoms with Crippen molar-refractivity contribution in [2.24, 2.45) is 0 Å². The molecule has 0 saturated heterocycles. The Morgan fingerprint density at radius 1 is 1.00 bits per heavy atom. The molecule has 29 heavy (non-hydrogen) atoms. The molecular weight excluding hydrogens is 368 g/mol. The molecule has 0 fully saturated rings. The van der Waals surface area contributed by atoms with E-state index in [-0.39, 0.29) is 5.78 Å². The summed E-state index contributed by atoms with van der Waals surface area (Å²) < 4.78 is 10.6. The third kappa shape index (κ3) is 5.44. The second-order valence-corrected chi connectivity index (χ2v) is 6.39. The lowest BCUT2D eigenvalue weighted by Crippen LogP contribution is -2.09. The molecule has 7 heteroatoms. The number of nitrogens with one attached hydrogen (secondary N) is 2. The summed E-state index contributed by atoms with van der Waals surface area (Å²) in [5, 5.41) is 6.44. The molecule has 3 aromatic rings. The van der Waals surface area contributed by atoms with E-state index in [0.29, 0.717) is 35.4 Å². The zero-order valence-corrected chi connectivity index (χ0v) is 16.7. The largest absolute Gasteiger partial charge is 0.493 e. The molecule has 0 radical (unpaired) electrons. The van der Waals surface area contributed by atoms with E-state index < -0.39 is 0 Å². The quantitative estimate of drug-likeness (QED) is 0.530. The summed E-state index contributed by atoms with van der Waals surface area (Å²) in [5.74, 6) is 2.67. The van der Waals surface area contributed by atoms with Crippen LogP contribution in [0.15, 0.2) is 54.7 Å². The van der Waals surface area contributed by atoms with Gasteiger partial charge in [0.2, 0.25) is 5.95 Å². The van der Waals surface area contributed by atoms with Crippen molar-refractivity contribution in [2.45, 2.75) is 13.3 Å². The highest BCUT2D eigenvalue weighted by molar-refractivity contribution is 5.94. The normalized spacial score (nSPS) is 10.3. The molecule has 0 bridgehead atoms. The molecule has 7 nitrogen and oxygen atoms in total. The minimum absolute atomic E-state index is 0.0413. The van der Waals surface area contributed by atoms with Crippen LogP contribution in [0.3, 0.4) is 0 Å². The molecule has 0 aliphatic heterocycles. The monoisotopic (exact) mass is 392 g/mol. The van der Waals surface area contributed by atoms with Gasteiger partial charge in [-0.1, -0.05) is 6.07 Å². The highest BCUT2D eigenvalue weighted by atomic mass is 16.5. The fourth-order valence-electron chi connectivity index (χ4n) is 2.80. The predicted octanol–water partition coefficient (Wildman–Crippen LogP) is 4.09. The first kappa shape index (κ1) is 20.1. The second-order valence-electron chi connectivity index (χ2n) is 6.39. The van der Waals surface area contributed by atoms with Crippen molar-refractivity contribution >= 4 is 23.2 Å². The summed E-state index contributed by atoms with van der Waals surface area (Å²) in [7, 11) is 3.25. The number of benzene rings is 2. The molecule has 2 N–H and O–H groups in total. The van der Waals surface area contributed by atoms with Gasteiger partial charge in [-0.05, 0) is 61.4 Å². The number of rotatable bonds is 9. The van der Waals surface area contributed by atoms with Crippen molar-refractivity contribution in [3.8, 4) is 11.5 Å². The lowest BCUT2D eigenvalue weighted by atomic mass is 10.1.